The van der Waals surface area contributed by atoms with Crippen LogP contribution in [-0.2, 0) is 0 Å². The van der Waals surface area contributed by atoms with Crippen molar-refractivity contribution in [2.24, 2.45) is 5.92 Å². The Hall–Kier alpha value is -1.02. The van der Waals surface area contributed by atoms with Gasteiger partial charge in [0.25, 0.3) is 0 Å². The van der Waals surface area contributed by atoms with E-state index >= 15 is 0 Å². The minimum atomic E-state index is 0.654. The molecule has 0 spiro atoms. The summed E-state index contributed by atoms with van der Waals surface area (Å²) in [5.41, 5.74) is 1.39. The molecule has 0 heterocycles. The second kappa shape index (κ2) is 5.54. The smallest absolute Gasteiger partial charge is 0.122 e. The van der Waals surface area contributed by atoms with Crippen molar-refractivity contribution in [2.75, 3.05) is 13.2 Å². The summed E-state index contributed by atoms with van der Waals surface area (Å²) < 4.78 is 5.72. The Kier molecular flexibility index (Phi) is 4.06. The van der Waals surface area contributed by atoms with Crippen molar-refractivity contribution in [1.29, 1.82) is 0 Å². The maximum atomic E-state index is 5.72. The van der Waals surface area contributed by atoms with Gasteiger partial charge in [0.15, 0.2) is 0 Å². The highest BCUT2D eigenvalue weighted by Crippen LogP contribution is 2.45. The fourth-order valence-electron chi connectivity index (χ4n) is 2.80. The summed E-state index contributed by atoms with van der Waals surface area (Å²) in [5, 5.41) is 3.54. The van der Waals surface area contributed by atoms with Crippen molar-refractivity contribution in [1.82, 2.24) is 5.32 Å². The molecule has 0 aromatic heterocycles. The van der Waals surface area contributed by atoms with Crippen molar-refractivity contribution in [3.05, 3.63) is 29.8 Å². The van der Waals surface area contributed by atoms with Gasteiger partial charge >= 0.3 is 0 Å². The molecule has 94 valence electrons. The average Bonchev–Trinajstić information content (AvgIpc) is 2.35. The van der Waals surface area contributed by atoms with Gasteiger partial charge in [-0.05, 0) is 43.4 Å². The number of para-hydroxylation sites is 1. The van der Waals surface area contributed by atoms with Crippen molar-refractivity contribution < 1.29 is 4.74 Å². The van der Waals surface area contributed by atoms with Gasteiger partial charge in [0.2, 0.25) is 0 Å². The first-order valence-electron chi connectivity index (χ1n) is 6.73. The Bertz CT molecular complexity index is 364. The van der Waals surface area contributed by atoms with Crippen molar-refractivity contribution in [3.63, 3.8) is 0 Å². The van der Waals surface area contributed by atoms with Gasteiger partial charge in [0.05, 0.1) is 6.61 Å². The summed E-state index contributed by atoms with van der Waals surface area (Å²) in [6, 6.07) is 9.16. The highest BCUT2D eigenvalue weighted by molar-refractivity contribution is 5.38. The van der Waals surface area contributed by atoms with Gasteiger partial charge in [-0.3, -0.25) is 0 Å². The lowest BCUT2D eigenvalue weighted by molar-refractivity contribution is 0.182. The minimum absolute atomic E-state index is 0.654. The molecular weight excluding hydrogens is 210 g/mol. The lowest BCUT2D eigenvalue weighted by atomic mass is 9.67. The molecule has 2 nitrogen and oxygen atoms in total. The minimum Gasteiger partial charge on any atom is -0.494 e. The maximum Gasteiger partial charge on any atom is 0.122 e. The van der Waals surface area contributed by atoms with Gasteiger partial charge in [0.1, 0.15) is 5.75 Å². The number of ether oxygens (including phenoxy) is 1. The molecule has 2 rings (SSSR count). The molecule has 1 saturated carbocycles. The third kappa shape index (κ3) is 2.47. The van der Waals surface area contributed by atoms with E-state index in [0.29, 0.717) is 17.9 Å². The summed E-state index contributed by atoms with van der Waals surface area (Å²) >= 11 is 0. The zero-order chi connectivity index (χ0) is 12.3. The van der Waals surface area contributed by atoms with Crippen LogP contribution >= 0.6 is 0 Å². The number of hydrogen-bond acceptors (Lipinski definition) is 2. The summed E-state index contributed by atoms with van der Waals surface area (Å²) in [5.74, 6) is 2.43. The Morgan fingerprint density at radius 3 is 2.71 bits per heavy atom. The number of benzene rings is 1. The summed E-state index contributed by atoms with van der Waals surface area (Å²) in [6.07, 6.45) is 1.24. The van der Waals surface area contributed by atoms with Crippen LogP contribution in [-0.4, -0.2) is 19.2 Å². The van der Waals surface area contributed by atoms with E-state index in [1.165, 1.54) is 12.0 Å². The van der Waals surface area contributed by atoms with Crippen LogP contribution in [0.3, 0.4) is 0 Å². The molecule has 1 fully saturated rings. The molecule has 0 bridgehead atoms. The van der Waals surface area contributed by atoms with E-state index in [1.807, 2.05) is 6.92 Å². The first-order valence-corrected chi connectivity index (χ1v) is 6.73. The van der Waals surface area contributed by atoms with Crippen LogP contribution < -0.4 is 10.1 Å². The van der Waals surface area contributed by atoms with Crippen LogP contribution in [0.2, 0.25) is 0 Å². The average molecular weight is 233 g/mol. The Labute approximate surface area is 104 Å². The van der Waals surface area contributed by atoms with Gasteiger partial charge < -0.3 is 10.1 Å². The van der Waals surface area contributed by atoms with Crippen molar-refractivity contribution >= 4 is 0 Å². The molecule has 1 N–H and O–H groups in total. The molecule has 0 saturated heterocycles. The molecule has 1 aliphatic rings. The molecule has 0 amide bonds. The van der Waals surface area contributed by atoms with Gasteiger partial charge in [-0.25, -0.2) is 0 Å². The van der Waals surface area contributed by atoms with E-state index in [-0.39, 0.29) is 0 Å². The molecule has 3 unspecified atom stereocenters. The normalized spacial score (nSPS) is 27.6. The molecule has 3 atom stereocenters. The third-order valence-electron chi connectivity index (χ3n) is 3.86. The molecule has 0 radical (unpaired) electrons. The van der Waals surface area contributed by atoms with E-state index in [9.17, 15) is 0 Å². The van der Waals surface area contributed by atoms with Gasteiger partial charge in [-0.15, -0.1) is 0 Å². The number of rotatable bonds is 5. The van der Waals surface area contributed by atoms with Crippen molar-refractivity contribution in [2.45, 2.75) is 39.2 Å². The van der Waals surface area contributed by atoms with Crippen LogP contribution in [0, 0.1) is 5.92 Å². The van der Waals surface area contributed by atoms with E-state index in [0.717, 1.165) is 18.9 Å². The first kappa shape index (κ1) is 12.4. The first-order chi connectivity index (χ1) is 8.27. The van der Waals surface area contributed by atoms with Crippen LogP contribution in [0.15, 0.2) is 24.3 Å². The van der Waals surface area contributed by atoms with Gasteiger partial charge in [-0.1, -0.05) is 32.0 Å². The topological polar surface area (TPSA) is 21.3 Å². The monoisotopic (exact) mass is 233 g/mol. The van der Waals surface area contributed by atoms with Gasteiger partial charge in [-0.2, -0.15) is 0 Å². The van der Waals surface area contributed by atoms with Crippen LogP contribution in [0.25, 0.3) is 0 Å². The summed E-state index contributed by atoms with van der Waals surface area (Å²) in [4.78, 5) is 0. The zero-order valence-corrected chi connectivity index (χ0v) is 11.1. The van der Waals surface area contributed by atoms with E-state index in [1.54, 1.807) is 0 Å². The highest BCUT2D eigenvalue weighted by atomic mass is 16.5. The standard InChI is InChI=1S/C15H23NO/c1-4-16-14-10-13(11(14)3)12-8-6-7-9-15(12)17-5-2/h6-9,11,13-14,16H,4-5,10H2,1-3H3. The van der Waals surface area contributed by atoms with Crippen LogP contribution in [0.1, 0.15) is 38.7 Å². The molecule has 0 aliphatic heterocycles. The lowest BCUT2D eigenvalue weighted by Crippen LogP contribution is -2.47. The lowest BCUT2D eigenvalue weighted by Gasteiger charge is -2.44. The van der Waals surface area contributed by atoms with Gasteiger partial charge in [0, 0.05) is 6.04 Å². The predicted molar refractivity (Wildman–Crippen MR) is 71.6 cm³/mol. The number of hydrogen-bond donors (Lipinski definition) is 1. The number of nitrogens with one attached hydrogen (secondary N) is 1. The van der Waals surface area contributed by atoms with Crippen LogP contribution in [0.5, 0.6) is 5.75 Å². The Balaban J connectivity index is 2.08. The Morgan fingerprint density at radius 1 is 1.29 bits per heavy atom. The van der Waals surface area contributed by atoms with E-state index < -0.39 is 0 Å². The fraction of sp³-hybridized carbons (Fsp3) is 0.600. The van der Waals surface area contributed by atoms with Crippen LogP contribution in [0.4, 0.5) is 0 Å². The molecule has 17 heavy (non-hydrogen) atoms. The SMILES string of the molecule is CCNC1CC(c2ccccc2OCC)C1C. The second-order valence-electron chi connectivity index (χ2n) is 4.84. The predicted octanol–water partition coefficient (Wildman–Crippen LogP) is 3.19. The highest BCUT2D eigenvalue weighted by Gasteiger charge is 2.39. The molecular formula is C15H23NO. The Morgan fingerprint density at radius 2 is 2.06 bits per heavy atom. The maximum absolute atomic E-state index is 5.72. The molecule has 1 aromatic rings. The van der Waals surface area contributed by atoms with E-state index in [2.05, 4.69) is 43.4 Å². The second-order valence-corrected chi connectivity index (χ2v) is 4.84. The van der Waals surface area contributed by atoms with Crippen molar-refractivity contribution in [3.8, 4) is 5.75 Å². The third-order valence-corrected chi connectivity index (χ3v) is 3.86. The zero-order valence-electron chi connectivity index (χ0n) is 11.1. The largest absolute Gasteiger partial charge is 0.494 e. The molecule has 1 aliphatic carbocycles. The molecule has 2 heteroatoms. The summed E-state index contributed by atoms with van der Waals surface area (Å²) in [6.45, 7) is 8.37. The quantitative estimate of drug-likeness (QED) is 0.843. The molecule has 1 aromatic carbocycles. The van der Waals surface area contributed by atoms with E-state index in [4.69, 9.17) is 4.74 Å². The fourth-order valence-corrected chi connectivity index (χ4v) is 2.80. The summed E-state index contributed by atoms with van der Waals surface area (Å²) in [7, 11) is 0.